The SMILES string of the molecule is O=C1/C(=C/c2ccccc2O)N=C(c2ccccc2)N1c1ccccn1. The van der Waals surface area contributed by atoms with Crippen LogP contribution in [-0.4, -0.2) is 21.8 Å². The van der Waals surface area contributed by atoms with Crippen LogP contribution in [0.3, 0.4) is 0 Å². The number of aromatic nitrogens is 1. The van der Waals surface area contributed by atoms with E-state index in [-0.39, 0.29) is 17.4 Å². The van der Waals surface area contributed by atoms with Gasteiger partial charge in [-0.1, -0.05) is 54.6 Å². The fourth-order valence-corrected chi connectivity index (χ4v) is 2.75. The average molecular weight is 341 g/mol. The molecule has 0 bridgehead atoms. The van der Waals surface area contributed by atoms with Crippen LogP contribution in [0, 0.1) is 0 Å². The molecule has 1 aromatic heterocycles. The van der Waals surface area contributed by atoms with Gasteiger partial charge in [-0.2, -0.15) is 0 Å². The number of hydrogen-bond acceptors (Lipinski definition) is 4. The second-order valence-electron chi connectivity index (χ2n) is 5.72. The maximum Gasteiger partial charge on any atom is 0.283 e. The van der Waals surface area contributed by atoms with E-state index in [9.17, 15) is 9.90 Å². The highest BCUT2D eigenvalue weighted by Gasteiger charge is 2.33. The number of phenolic OH excluding ortho intramolecular Hbond substituents is 1. The highest BCUT2D eigenvalue weighted by molar-refractivity contribution is 6.32. The molecule has 0 saturated heterocycles. The zero-order valence-electron chi connectivity index (χ0n) is 13.8. The van der Waals surface area contributed by atoms with Gasteiger partial charge in [0.1, 0.15) is 23.1 Å². The Morgan fingerprint density at radius 2 is 1.62 bits per heavy atom. The van der Waals surface area contributed by atoms with Gasteiger partial charge >= 0.3 is 0 Å². The molecule has 126 valence electrons. The summed E-state index contributed by atoms with van der Waals surface area (Å²) in [6.07, 6.45) is 3.22. The van der Waals surface area contributed by atoms with Crippen LogP contribution >= 0.6 is 0 Å². The van der Waals surface area contributed by atoms with Gasteiger partial charge in [0.15, 0.2) is 0 Å². The Bertz CT molecular complexity index is 1010. The molecular weight excluding hydrogens is 326 g/mol. The van der Waals surface area contributed by atoms with Crippen LogP contribution in [0.1, 0.15) is 11.1 Å². The number of anilines is 1. The van der Waals surface area contributed by atoms with Crippen LogP contribution in [0.25, 0.3) is 6.08 Å². The van der Waals surface area contributed by atoms with Crippen molar-refractivity contribution in [2.24, 2.45) is 4.99 Å². The summed E-state index contributed by atoms with van der Waals surface area (Å²) in [6, 6.07) is 21.7. The van der Waals surface area contributed by atoms with E-state index < -0.39 is 0 Å². The molecule has 0 spiro atoms. The second-order valence-corrected chi connectivity index (χ2v) is 5.72. The molecule has 5 heteroatoms. The predicted octanol–water partition coefficient (Wildman–Crippen LogP) is 3.62. The number of carbonyl (C=O) groups excluding carboxylic acids is 1. The Kier molecular flexibility index (Phi) is 4.03. The third-order valence-electron chi connectivity index (χ3n) is 4.00. The van der Waals surface area contributed by atoms with Gasteiger partial charge in [-0.25, -0.2) is 14.9 Å². The van der Waals surface area contributed by atoms with E-state index in [0.717, 1.165) is 5.56 Å². The average Bonchev–Trinajstić information content (AvgIpc) is 3.01. The lowest BCUT2D eigenvalue weighted by Crippen LogP contribution is -2.33. The molecule has 1 aliphatic heterocycles. The molecule has 5 nitrogen and oxygen atoms in total. The second kappa shape index (κ2) is 6.64. The summed E-state index contributed by atoms with van der Waals surface area (Å²) in [4.78, 5) is 23.3. The maximum absolute atomic E-state index is 13.0. The lowest BCUT2D eigenvalue weighted by molar-refractivity contribution is -0.113. The van der Waals surface area contributed by atoms with E-state index in [0.29, 0.717) is 17.2 Å². The first-order chi connectivity index (χ1) is 12.7. The van der Waals surface area contributed by atoms with Crippen LogP contribution in [0.5, 0.6) is 5.75 Å². The number of para-hydroxylation sites is 1. The minimum atomic E-state index is -0.286. The third-order valence-corrected chi connectivity index (χ3v) is 4.00. The van der Waals surface area contributed by atoms with E-state index in [1.54, 1.807) is 48.7 Å². The summed E-state index contributed by atoms with van der Waals surface area (Å²) in [5.74, 6) is 0.822. The maximum atomic E-state index is 13.0. The van der Waals surface area contributed by atoms with Crippen LogP contribution < -0.4 is 4.90 Å². The van der Waals surface area contributed by atoms with Gasteiger partial charge in [0, 0.05) is 17.3 Å². The molecule has 0 unspecified atom stereocenters. The van der Waals surface area contributed by atoms with Gasteiger partial charge in [0.2, 0.25) is 0 Å². The summed E-state index contributed by atoms with van der Waals surface area (Å²) in [6.45, 7) is 0. The topological polar surface area (TPSA) is 65.8 Å². The molecule has 1 aliphatic rings. The van der Waals surface area contributed by atoms with Gasteiger partial charge in [0.05, 0.1) is 0 Å². The summed E-state index contributed by atoms with van der Waals surface area (Å²) in [5, 5.41) is 9.99. The number of aliphatic imine (C=N–C) groups is 1. The number of amidine groups is 1. The number of carbonyl (C=O) groups is 1. The van der Waals surface area contributed by atoms with Crippen LogP contribution in [0.4, 0.5) is 5.82 Å². The summed E-state index contributed by atoms with van der Waals surface area (Å²) < 4.78 is 0. The molecule has 0 atom stereocenters. The molecule has 0 aliphatic carbocycles. The Balaban J connectivity index is 1.84. The predicted molar refractivity (Wildman–Crippen MR) is 101 cm³/mol. The summed E-state index contributed by atoms with van der Waals surface area (Å²) in [7, 11) is 0. The lowest BCUT2D eigenvalue weighted by Gasteiger charge is -2.17. The standard InChI is InChI=1S/C21H15N3O2/c25-18-11-5-4-10-16(18)14-17-21(26)24(19-12-6-7-13-22-19)20(23-17)15-8-2-1-3-9-15/h1-14,25H/b17-14-. The summed E-state index contributed by atoms with van der Waals surface area (Å²) in [5.41, 5.74) is 1.60. The van der Waals surface area contributed by atoms with Gasteiger partial charge in [-0.15, -0.1) is 0 Å². The number of nitrogens with zero attached hydrogens (tertiary/aromatic N) is 3. The van der Waals surface area contributed by atoms with Gasteiger partial charge in [0.25, 0.3) is 5.91 Å². The first-order valence-corrected chi connectivity index (χ1v) is 8.13. The summed E-state index contributed by atoms with van der Waals surface area (Å²) >= 11 is 0. The van der Waals surface area contributed by atoms with Crippen molar-refractivity contribution < 1.29 is 9.90 Å². The first kappa shape index (κ1) is 15.8. The van der Waals surface area contributed by atoms with E-state index in [2.05, 4.69) is 9.98 Å². The Morgan fingerprint density at radius 1 is 0.885 bits per heavy atom. The smallest absolute Gasteiger partial charge is 0.283 e. The highest BCUT2D eigenvalue weighted by Crippen LogP contribution is 2.28. The normalized spacial score (nSPS) is 15.4. The van der Waals surface area contributed by atoms with Crippen LogP contribution in [0.2, 0.25) is 0 Å². The number of amides is 1. The van der Waals surface area contributed by atoms with E-state index in [4.69, 9.17) is 0 Å². The van der Waals surface area contributed by atoms with E-state index in [1.165, 1.54) is 4.90 Å². The minimum absolute atomic E-state index is 0.0977. The van der Waals surface area contributed by atoms with Crippen molar-refractivity contribution in [1.82, 2.24) is 4.98 Å². The number of hydrogen-bond donors (Lipinski definition) is 1. The number of aromatic hydroxyl groups is 1. The zero-order chi connectivity index (χ0) is 17.9. The Morgan fingerprint density at radius 3 is 2.35 bits per heavy atom. The molecule has 1 N–H and O–H groups in total. The van der Waals surface area contributed by atoms with Crippen molar-refractivity contribution in [3.63, 3.8) is 0 Å². The Hall–Kier alpha value is -3.73. The molecule has 26 heavy (non-hydrogen) atoms. The van der Waals surface area contributed by atoms with Crippen LogP contribution in [0.15, 0.2) is 89.7 Å². The monoisotopic (exact) mass is 341 g/mol. The molecule has 4 rings (SSSR count). The fourth-order valence-electron chi connectivity index (χ4n) is 2.75. The highest BCUT2D eigenvalue weighted by atomic mass is 16.3. The van der Waals surface area contributed by atoms with Crippen molar-refractivity contribution >= 4 is 23.6 Å². The molecule has 1 amide bonds. The van der Waals surface area contributed by atoms with Crippen molar-refractivity contribution in [2.45, 2.75) is 0 Å². The molecule has 0 saturated carbocycles. The molecular formula is C21H15N3O2. The molecule has 2 aromatic carbocycles. The van der Waals surface area contributed by atoms with Crippen molar-refractivity contribution in [3.8, 4) is 5.75 Å². The quantitative estimate of drug-likeness (QED) is 0.740. The van der Waals surface area contributed by atoms with Crippen LogP contribution in [-0.2, 0) is 4.79 Å². The number of pyridine rings is 1. The lowest BCUT2D eigenvalue weighted by atomic mass is 10.1. The Labute approximate surface area is 150 Å². The van der Waals surface area contributed by atoms with Gasteiger partial charge < -0.3 is 5.11 Å². The number of rotatable bonds is 3. The van der Waals surface area contributed by atoms with Crippen molar-refractivity contribution in [1.29, 1.82) is 0 Å². The van der Waals surface area contributed by atoms with E-state index >= 15 is 0 Å². The fraction of sp³-hybridized carbons (Fsp3) is 0. The number of benzene rings is 2. The molecule has 0 fully saturated rings. The largest absolute Gasteiger partial charge is 0.507 e. The third kappa shape index (κ3) is 2.86. The zero-order valence-corrected chi connectivity index (χ0v) is 13.8. The van der Waals surface area contributed by atoms with Crippen molar-refractivity contribution in [2.75, 3.05) is 4.90 Å². The molecule has 3 aromatic rings. The van der Waals surface area contributed by atoms with Gasteiger partial charge in [-0.05, 0) is 24.3 Å². The minimum Gasteiger partial charge on any atom is -0.507 e. The number of phenols is 1. The first-order valence-electron chi connectivity index (χ1n) is 8.13. The van der Waals surface area contributed by atoms with E-state index in [1.807, 2.05) is 36.4 Å². The van der Waals surface area contributed by atoms with Gasteiger partial charge in [-0.3, -0.25) is 4.79 Å². The van der Waals surface area contributed by atoms with Crippen molar-refractivity contribution in [3.05, 3.63) is 95.8 Å². The molecule has 2 heterocycles. The molecule has 0 radical (unpaired) electrons.